The minimum atomic E-state index is -1.53. The number of carbonyl (C=O) groups excluding carboxylic acids is 1. The van der Waals surface area contributed by atoms with Crippen molar-refractivity contribution in [3.63, 3.8) is 0 Å². The number of carbonyl (C=O) groups is 1. The average molecular weight is 272 g/mol. The Hall–Kier alpha value is -0.493. The normalized spacial score (nSPS) is 27.5. The second-order valence-electron chi connectivity index (χ2n) is 4.83. The topological polar surface area (TPSA) is 55.8 Å². The summed E-state index contributed by atoms with van der Waals surface area (Å²) in [5.41, 5.74) is 0.0833. The molecule has 4 atom stereocenters. The zero-order valence-electron chi connectivity index (χ0n) is 11.3. The lowest BCUT2D eigenvalue weighted by Gasteiger charge is -2.32. The number of rotatable bonds is 7. The first-order valence-electron chi connectivity index (χ1n) is 6.69. The second kappa shape index (κ2) is 7.84. The number of hydrogen-bond acceptors (Lipinski definition) is 4. The van der Waals surface area contributed by atoms with Gasteiger partial charge in [-0.25, -0.2) is 0 Å². The van der Waals surface area contributed by atoms with Gasteiger partial charge in [-0.05, 0) is 31.9 Å². The first kappa shape index (κ1) is 15.6. The van der Waals surface area contributed by atoms with Crippen LogP contribution in [0.15, 0.2) is 12.7 Å². The van der Waals surface area contributed by atoms with Crippen LogP contribution in [0.2, 0.25) is 6.04 Å². The van der Waals surface area contributed by atoms with E-state index >= 15 is 0 Å². The molecule has 1 aliphatic rings. The summed E-state index contributed by atoms with van der Waals surface area (Å²) < 4.78 is 11.6. The van der Waals surface area contributed by atoms with Gasteiger partial charge in [0.2, 0.25) is 9.04 Å². The van der Waals surface area contributed by atoms with Crippen LogP contribution in [0.1, 0.15) is 33.1 Å². The fraction of sp³-hybridized carbons (Fsp3) is 0.769. The molecule has 18 heavy (non-hydrogen) atoms. The van der Waals surface area contributed by atoms with Crippen molar-refractivity contribution in [1.82, 2.24) is 0 Å². The van der Waals surface area contributed by atoms with E-state index in [0.29, 0.717) is 6.61 Å². The third-order valence-electron chi connectivity index (χ3n) is 3.18. The molecule has 1 saturated heterocycles. The molecule has 0 amide bonds. The number of aliphatic hydroxyl groups excluding tert-OH is 1. The van der Waals surface area contributed by atoms with Crippen LogP contribution in [-0.4, -0.2) is 44.5 Å². The van der Waals surface area contributed by atoms with Crippen LogP contribution in [0.5, 0.6) is 0 Å². The molecule has 1 aliphatic heterocycles. The van der Waals surface area contributed by atoms with Gasteiger partial charge in [0.15, 0.2) is 5.78 Å². The van der Waals surface area contributed by atoms with Crippen LogP contribution in [0.4, 0.5) is 0 Å². The molecule has 0 spiro atoms. The van der Waals surface area contributed by atoms with E-state index in [-0.39, 0.29) is 17.6 Å². The molecule has 4 unspecified atom stereocenters. The van der Waals surface area contributed by atoms with Gasteiger partial charge in [-0.15, -0.1) is 0 Å². The van der Waals surface area contributed by atoms with Crippen molar-refractivity contribution < 1.29 is 19.1 Å². The number of aliphatic hydroxyl groups is 1. The lowest BCUT2D eigenvalue weighted by molar-refractivity contribution is -0.122. The molecule has 0 radical (unpaired) electrons. The Bertz CT molecular complexity index is 280. The molecule has 1 heterocycles. The fourth-order valence-electron chi connectivity index (χ4n) is 2.22. The maximum absolute atomic E-state index is 11.6. The van der Waals surface area contributed by atoms with E-state index in [2.05, 4.69) is 13.5 Å². The third kappa shape index (κ3) is 4.64. The zero-order valence-corrected chi connectivity index (χ0v) is 12.5. The van der Waals surface area contributed by atoms with Gasteiger partial charge >= 0.3 is 0 Å². The van der Waals surface area contributed by atoms with Crippen molar-refractivity contribution in [2.45, 2.75) is 57.1 Å². The van der Waals surface area contributed by atoms with E-state index in [9.17, 15) is 9.90 Å². The molecule has 0 saturated carbocycles. The van der Waals surface area contributed by atoms with Crippen molar-refractivity contribution >= 4 is 14.8 Å². The molecule has 0 aromatic heterocycles. The van der Waals surface area contributed by atoms with Crippen LogP contribution >= 0.6 is 0 Å². The largest absolute Gasteiger partial charge is 0.407 e. The van der Waals surface area contributed by atoms with Gasteiger partial charge in [-0.3, -0.25) is 4.79 Å². The summed E-state index contributed by atoms with van der Waals surface area (Å²) in [6, 6.07) is 1.04. The van der Waals surface area contributed by atoms with Crippen LogP contribution < -0.4 is 0 Å². The molecule has 0 aromatic rings. The lowest BCUT2D eigenvalue weighted by Crippen LogP contribution is -2.44. The summed E-state index contributed by atoms with van der Waals surface area (Å²) in [5.74, 6) is -0.0161. The van der Waals surface area contributed by atoms with Crippen LogP contribution in [0.25, 0.3) is 0 Å². The summed E-state index contributed by atoms with van der Waals surface area (Å²) in [7, 11) is -1.53. The van der Waals surface area contributed by atoms with Crippen LogP contribution in [-0.2, 0) is 14.0 Å². The number of ketones is 1. The highest BCUT2D eigenvalue weighted by molar-refractivity contribution is 6.53. The molecule has 1 fully saturated rings. The van der Waals surface area contributed by atoms with Gasteiger partial charge in [0, 0.05) is 0 Å². The molecule has 4 nitrogen and oxygen atoms in total. The maximum Gasteiger partial charge on any atom is 0.206 e. The van der Waals surface area contributed by atoms with Gasteiger partial charge in [-0.1, -0.05) is 19.9 Å². The van der Waals surface area contributed by atoms with Crippen molar-refractivity contribution in [2.24, 2.45) is 0 Å². The van der Waals surface area contributed by atoms with E-state index in [1.807, 2.05) is 0 Å². The molecule has 0 bridgehead atoms. The van der Waals surface area contributed by atoms with E-state index < -0.39 is 15.1 Å². The minimum absolute atomic E-state index is 0.0161. The highest BCUT2D eigenvalue weighted by Gasteiger charge is 2.33. The summed E-state index contributed by atoms with van der Waals surface area (Å²) >= 11 is 0. The molecule has 5 heteroatoms. The van der Waals surface area contributed by atoms with Crippen molar-refractivity contribution in [2.75, 3.05) is 6.61 Å². The average Bonchev–Trinajstić information content (AvgIpc) is 2.38. The Balaban J connectivity index is 2.52. The molecule has 1 rings (SSSR count). The van der Waals surface area contributed by atoms with Crippen LogP contribution in [0, 0.1) is 0 Å². The fourth-order valence-corrected chi connectivity index (χ4v) is 5.08. The Labute approximate surface area is 111 Å². The SMILES string of the molecule is C=CC(=O)C1CCC[SiH](C(CC)OCC(C)O)O1. The first-order chi connectivity index (χ1) is 8.58. The summed E-state index contributed by atoms with van der Waals surface area (Å²) in [6.07, 6.45) is 3.27. The van der Waals surface area contributed by atoms with E-state index in [0.717, 1.165) is 25.3 Å². The summed E-state index contributed by atoms with van der Waals surface area (Å²) in [4.78, 5) is 11.6. The number of ether oxygens (including phenoxy) is 1. The molecule has 0 aromatic carbocycles. The highest BCUT2D eigenvalue weighted by Crippen LogP contribution is 2.23. The first-order valence-corrected chi connectivity index (χ1v) is 8.65. The monoisotopic (exact) mass is 272 g/mol. The molecular formula is C13H24O4Si. The standard InChI is InChI=1S/C13H24O4Si/c1-4-11(15)12-7-6-8-18(17-12)13(5-2)16-9-10(3)14/h4,10,12-14,18H,1,5-9H2,2-3H3. The predicted molar refractivity (Wildman–Crippen MR) is 73.0 cm³/mol. The number of hydrogen-bond donors (Lipinski definition) is 1. The van der Waals surface area contributed by atoms with Gasteiger partial charge in [0.25, 0.3) is 0 Å². The summed E-state index contributed by atoms with van der Waals surface area (Å²) in [5, 5.41) is 9.26. The quantitative estimate of drug-likeness (QED) is 0.561. The maximum atomic E-state index is 11.6. The lowest BCUT2D eigenvalue weighted by atomic mass is 10.1. The van der Waals surface area contributed by atoms with Gasteiger partial charge in [0.1, 0.15) is 6.10 Å². The van der Waals surface area contributed by atoms with E-state index in [1.54, 1.807) is 6.92 Å². The van der Waals surface area contributed by atoms with E-state index in [4.69, 9.17) is 9.16 Å². The minimum Gasteiger partial charge on any atom is -0.407 e. The van der Waals surface area contributed by atoms with Gasteiger partial charge < -0.3 is 14.3 Å². The van der Waals surface area contributed by atoms with E-state index in [1.165, 1.54) is 6.08 Å². The Morgan fingerprint density at radius 1 is 1.72 bits per heavy atom. The Morgan fingerprint density at radius 2 is 2.44 bits per heavy atom. The highest BCUT2D eigenvalue weighted by atomic mass is 28.3. The molecule has 0 aliphatic carbocycles. The zero-order chi connectivity index (χ0) is 13.5. The molecular weight excluding hydrogens is 248 g/mol. The van der Waals surface area contributed by atoms with Crippen molar-refractivity contribution in [1.29, 1.82) is 0 Å². The molecule has 1 N–H and O–H groups in total. The van der Waals surface area contributed by atoms with Gasteiger partial charge in [0.05, 0.1) is 18.4 Å². The Morgan fingerprint density at radius 3 is 3.00 bits per heavy atom. The predicted octanol–water partition coefficient (Wildman–Crippen LogP) is 1.36. The smallest absolute Gasteiger partial charge is 0.206 e. The summed E-state index contributed by atoms with van der Waals surface area (Å²) in [6.45, 7) is 7.61. The van der Waals surface area contributed by atoms with Crippen molar-refractivity contribution in [3.8, 4) is 0 Å². The van der Waals surface area contributed by atoms with Crippen LogP contribution in [0.3, 0.4) is 0 Å². The van der Waals surface area contributed by atoms with Crippen molar-refractivity contribution in [3.05, 3.63) is 12.7 Å². The molecule has 104 valence electrons. The Kier molecular flexibility index (Phi) is 6.78. The second-order valence-corrected chi connectivity index (χ2v) is 7.50. The van der Waals surface area contributed by atoms with Gasteiger partial charge in [-0.2, -0.15) is 0 Å². The third-order valence-corrected chi connectivity index (χ3v) is 6.33.